The van der Waals surface area contributed by atoms with Gasteiger partial charge in [0.1, 0.15) is 5.69 Å². The lowest BCUT2D eigenvalue weighted by Gasteiger charge is -2.30. The number of methoxy groups -OCH3 is 2. The fourth-order valence-electron chi connectivity index (χ4n) is 4.19. The van der Waals surface area contributed by atoms with Crippen LogP contribution in [-0.4, -0.2) is 60.5 Å². The van der Waals surface area contributed by atoms with Crippen LogP contribution < -0.4 is 9.47 Å². The van der Waals surface area contributed by atoms with Gasteiger partial charge in [-0.2, -0.15) is 5.10 Å². The monoisotopic (exact) mass is 463 g/mol. The molecule has 0 spiro atoms. The molecule has 1 amide bonds. The Hall–Kier alpha value is -3.81. The number of nitrogens with zero attached hydrogens (tertiary/aromatic N) is 3. The van der Waals surface area contributed by atoms with Crippen molar-refractivity contribution in [2.24, 2.45) is 5.92 Å². The SMILES string of the molecule is CCOC(=O)C1CCN(C(=O)c2cn(-c3ccccc3)nc2-c2ccc(OC)c(OC)c2)CC1. The van der Waals surface area contributed by atoms with Crippen molar-refractivity contribution in [3.8, 4) is 28.4 Å². The van der Waals surface area contributed by atoms with Crippen molar-refractivity contribution in [3.63, 3.8) is 0 Å². The summed E-state index contributed by atoms with van der Waals surface area (Å²) in [4.78, 5) is 27.5. The first-order valence-electron chi connectivity index (χ1n) is 11.4. The van der Waals surface area contributed by atoms with Crippen LogP contribution in [0.4, 0.5) is 0 Å². The van der Waals surface area contributed by atoms with E-state index in [9.17, 15) is 9.59 Å². The van der Waals surface area contributed by atoms with Crippen LogP contribution in [0.15, 0.2) is 54.7 Å². The van der Waals surface area contributed by atoms with E-state index in [4.69, 9.17) is 19.3 Å². The highest BCUT2D eigenvalue weighted by Gasteiger charge is 2.31. The molecule has 0 N–H and O–H groups in total. The van der Waals surface area contributed by atoms with E-state index in [0.29, 0.717) is 55.3 Å². The van der Waals surface area contributed by atoms with Gasteiger partial charge in [0.05, 0.1) is 38.0 Å². The maximum Gasteiger partial charge on any atom is 0.309 e. The van der Waals surface area contributed by atoms with Crippen molar-refractivity contribution < 1.29 is 23.8 Å². The number of esters is 1. The third-order valence-electron chi connectivity index (χ3n) is 6.02. The first kappa shape index (κ1) is 23.4. The molecule has 0 unspecified atom stereocenters. The molecular weight excluding hydrogens is 434 g/mol. The normalized spacial score (nSPS) is 14.0. The Kier molecular flexibility index (Phi) is 7.15. The van der Waals surface area contributed by atoms with Crippen LogP contribution >= 0.6 is 0 Å². The maximum absolute atomic E-state index is 13.6. The lowest BCUT2D eigenvalue weighted by molar-refractivity contribution is -0.149. The van der Waals surface area contributed by atoms with E-state index in [1.165, 1.54) is 0 Å². The van der Waals surface area contributed by atoms with Crippen LogP contribution in [0, 0.1) is 5.92 Å². The van der Waals surface area contributed by atoms with Crippen molar-refractivity contribution in [1.29, 1.82) is 0 Å². The molecule has 0 atom stereocenters. The zero-order chi connectivity index (χ0) is 24.1. The highest BCUT2D eigenvalue weighted by Crippen LogP contribution is 2.34. The molecule has 0 radical (unpaired) electrons. The van der Waals surface area contributed by atoms with E-state index < -0.39 is 0 Å². The van der Waals surface area contributed by atoms with Crippen LogP contribution in [0.3, 0.4) is 0 Å². The van der Waals surface area contributed by atoms with E-state index in [-0.39, 0.29) is 17.8 Å². The summed E-state index contributed by atoms with van der Waals surface area (Å²) in [6, 6.07) is 15.1. The predicted molar refractivity (Wildman–Crippen MR) is 127 cm³/mol. The number of piperidine rings is 1. The minimum absolute atomic E-state index is 0.116. The molecule has 34 heavy (non-hydrogen) atoms. The van der Waals surface area contributed by atoms with Crippen molar-refractivity contribution >= 4 is 11.9 Å². The van der Waals surface area contributed by atoms with Gasteiger partial charge in [0.2, 0.25) is 0 Å². The van der Waals surface area contributed by atoms with Gasteiger partial charge in [-0.05, 0) is 50.1 Å². The fraction of sp³-hybridized carbons (Fsp3) is 0.346. The molecule has 3 aromatic rings. The summed E-state index contributed by atoms with van der Waals surface area (Å²) in [6.45, 7) is 3.15. The molecule has 178 valence electrons. The number of hydrogen-bond donors (Lipinski definition) is 0. The van der Waals surface area contributed by atoms with Gasteiger partial charge in [-0.15, -0.1) is 0 Å². The van der Waals surface area contributed by atoms with E-state index >= 15 is 0 Å². The second kappa shape index (κ2) is 10.4. The minimum atomic E-state index is -0.183. The Bertz CT molecular complexity index is 1150. The highest BCUT2D eigenvalue weighted by molar-refractivity contribution is 6.00. The molecule has 0 saturated carbocycles. The van der Waals surface area contributed by atoms with Crippen molar-refractivity contribution in [3.05, 3.63) is 60.3 Å². The van der Waals surface area contributed by atoms with Crippen LogP contribution in [0.2, 0.25) is 0 Å². The number of likely N-dealkylation sites (tertiary alicyclic amines) is 1. The summed E-state index contributed by atoms with van der Waals surface area (Å²) in [7, 11) is 3.15. The molecule has 1 aliphatic heterocycles. The third-order valence-corrected chi connectivity index (χ3v) is 6.02. The lowest BCUT2D eigenvalue weighted by Crippen LogP contribution is -2.40. The largest absolute Gasteiger partial charge is 0.493 e. The third kappa shape index (κ3) is 4.76. The number of aromatic nitrogens is 2. The molecular formula is C26H29N3O5. The maximum atomic E-state index is 13.6. The first-order chi connectivity index (χ1) is 16.5. The molecule has 4 rings (SSSR count). The molecule has 1 aromatic heterocycles. The zero-order valence-corrected chi connectivity index (χ0v) is 19.7. The van der Waals surface area contributed by atoms with Gasteiger partial charge in [0.15, 0.2) is 11.5 Å². The number of carbonyl (C=O) groups is 2. The predicted octanol–water partition coefficient (Wildman–Crippen LogP) is 3.97. The Balaban J connectivity index is 1.67. The molecule has 2 aromatic carbocycles. The zero-order valence-electron chi connectivity index (χ0n) is 19.7. The summed E-state index contributed by atoms with van der Waals surface area (Å²) >= 11 is 0. The topological polar surface area (TPSA) is 82.9 Å². The van der Waals surface area contributed by atoms with Crippen molar-refractivity contribution in [2.45, 2.75) is 19.8 Å². The number of carbonyl (C=O) groups excluding carboxylic acids is 2. The van der Waals surface area contributed by atoms with Crippen molar-refractivity contribution in [1.82, 2.24) is 14.7 Å². The van der Waals surface area contributed by atoms with Crippen LogP contribution in [0.25, 0.3) is 16.9 Å². The Morgan fingerprint density at radius 3 is 2.35 bits per heavy atom. The standard InChI is InChI=1S/C26H29N3O5/c1-4-34-26(31)18-12-14-28(15-13-18)25(30)21-17-29(20-8-6-5-7-9-20)27-24(21)19-10-11-22(32-2)23(16-19)33-3/h5-11,16-18H,4,12-15H2,1-3H3. The van der Waals surface area contributed by atoms with E-state index in [1.807, 2.05) is 42.5 Å². The summed E-state index contributed by atoms with van der Waals surface area (Å²) in [6.07, 6.45) is 2.94. The smallest absolute Gasteiger partial charge is 0.309 e. The van der Waals surface area contributed by atoms with Gasteiger partial charge in [0.25, 0.3) is 5.91 Å². The number of ether oxygens (including phenoxy) is 3. The minimum Gasteiger partial charge on any atom is -0.493 e. The molecule has 0 aliphatic carbocycles. The lowest BCUT2D eigenvalue weighted by atomic mass is 9.96. The highest BCUT2D eigenvalue weighted by atomic mass is 16.5. The van der Waals surface area contributed by atoms with Gasteiger partial charge in [-0.25, -0.2) is 4.68 Å². The summed E-state index contributed by atoms with van der Waals surface area (Å²) < 4.78 is 17.7. The molecule has 2 heterocycles. The number of amides is 1. The average molecular weight is 464 g/mol. The number of para-hydroxylation sites is 1. The van der Waals surface area contributed by atoms with Gasteiger partial charge in [-0.1, -0.05) is 18.2 Å². The summed E-state index contributed by atoms with van der Waals surface area (Å²) in [5.41, 5.74) is 2.65. The Morgan fingerprint density at radius 1 is 1.00 bits per heavy atom. The molecule has 1 aliphatic rings. The van der Waals surface area contributed by atoms with Crippen LogP contribution in [0.1, 0.15) is 30.1 Å². The van der Waals surface area contributed by atoms with E-state index in [1.54, 1.807) is 43.0 Å². The van der Waals surface area contributed by atoms with E-state index in [2.05, 4.69) is 0 Å². The Morgan fingerprint density at radius 2 is 1.71 bits per heavy atom. The van der Waals surface area contributed by atoms with Crippen LogP contribution in [-0.2, 0) is 9.53 Å². The first-order valence-corrected chi connectivity index (χ1v) is 11.4. The summed E-state index contributed by atoms with van der Waals surface area (Å²) in [5, 5.41) is 4.76. The molecule has 0 bridgehead atoms. The van der Waals surface area contributed by atoms with E-state index in [0.717, 1.165) is 11.3 Å². The number of benzene rings is 2. The second-order valence-corrected chi connectivity index (χ2v) is 8.06. The van der Waals surface area contributed by atoms with Crippen molar-refractivity contribution in [2.75, 3.05) is 33.9 Å². The number of hydrogen-bond acceptors (Lipinski definition) is 6. The second-order valence-electron chi connectivity index (χ2n) is 8.06. The molecule has 1 fully saturated rings. The quantitative estimate of drug-likeness (QED) is 0.493. The fourth-order valence-corrected chi connectivity index (χ4v) is 4.19. The number of rotatable bonds is 7. The van der Waals surface area contributed by atoms with Crippen LogP contribution in [0.5, 0.6) is 11.5 Å². The summed E-state index contributed by atoms with van der Waals surface area (Å²) in [5.74, 6) is 0.693. The molecule has 8 nitrogen and oxygen atoms in total. The van der Waals surface area contributed by atoms with Gasteiger partial charge in [0, 0.05) is 24.8 Å². The van der Waals surface area contributed by atoms with Gasteiger partial charge < -0.3 is 19.1 Å². The molecule has 8 heteroatoms. The molecule has 1 saturated heterocycles. The Labute approximate surface area is 199 Å². The average Bonchev–Trinajstić information content (AvgIpc) is 3.34. The van der Waals surface area contributed by atoms with Gasteiger partial charge >= 0.3 is 5.97 Å². The van der Waals surface area contributed by atoms with Gasteiger partial charge in [-0.3, -0.25) is 9.59 Å².